The van der Waals surface area contributed by atoms with Crippen molar-refractivity contribution in [1.82, 2.24) is 0 Å². The summed E-state index contributed by atoms with van der Waals surface area (Å²) in [6, 6.07) is 20.8. The first-order valence-corrected chi connectivity index (χ1v) is 15.4. The molecule has 0 saturated heterocycles. The average Bonchev–Trinajstić information content (AvgIpc) is 3.37. The highest BCUT2D eigenvalue weighted by atomic mass is 32.2. The highest BCUT2D eigenvalue weighted by Crippen LogP contribution is 2.30. The molecule has 0 radical (unpaired) electrons. The Hall–Kier alpha value is -4.08. The molecule has 2 N–H and O–H groups in total. The molecule has 1 atom stereocenters. The Kier molecular flexibility index (Phi) is 10.1. The Morgan fingerprint density at radius 2 is 1.74 bits per heavy atom. The summed E-state index contributed by atoms with van der Waals surface area (Å²) < 4.78 is 51.6. The van der Waals surface area contributed by atoms with E-state index in [0.29, 0.717) is 35.3 Å². The molecule has 0 saturated carbocycles. The molecule has 1 unspecified atom stereocenters. The number of furan rings is 1. The van der Waals surface area contributed by atoms with Crippen LogP contribution in [0.4, 0.5) is 10.1 Å². The van der Waals surface area contributed by atoms with E-state index in [0.717, 1.165) is 29.4 Å². The van der Waals surface area contributed by atoms with Crippen LogP contribution < -0.4 is 5.32 Å². The van der Waals surface area contributed by atoms with E-state index in [4.69, 9.17) is 8.97 Å². The summed E-state index contributed by atoms with van der Waals surface area (Å²) in [6.45, 7) is 5.86. The highest BCUT2D eigenvalue weighted by molar-refractivity contribution is 7.85. The molecule has 0 aliphatic heterocycles. The minimum atomic E-state index is -4.11. The van der Waals surface area contributed by atoms with Gasteiger partial charge in [-0.15, -0.1) is 6.58 Å². The molecule has 4 aromatic rings. The number of fused-ring (bicyclic) bond motifs is 1. The van der Waals surface area contributed by atoms with Gasteiger partial charge >= 0.3 is 0 Å². The Labute approximate surface area is 245 Å². The number of carbonyl (C=O) groups excluding carboxylic acids is 2. The SMILES string of the molecule is C=C(C)CCCC(Cc1ccc(C(=O)CCCS(=O)(=O)O)cc1)C(=O)Nc1ccc(-c2cc3ccccc3o2)cc1F. The summed E-state index contributed by atoms with van der Waals surface area (Å²) in [7, 11) is -4.11. The minimum Gasteiger partial charge on any atom is -0.456 e. The highest BCUT2D eigenvalue weighted by Gasteiger charge is 2.21. The lowest BCUT2D eigenvalue weighted by Crippen LogP contribution is -2.25. The maximum atomic E-state index is 15.1. The van der Waals surface area contributed by atoms with Crippen molar-refractivity contribution in [2.45, 2.75) is 45.4 Å². The molecule has 1 aromatic heterocycles. The maximum Gasteiger partial charge on any atom is 0.264 e. The van der Waals surface area contributed by atoms with E-state index in [2.05, 4.69) is 11.9 Å². The number of para-hydroxylation sites is 1. The second-order valence-electron chi connectivity index (χ2n) is 10.6. The number of ketones is 1. The molecular weight excluding hydrogens is 557 g/mol. The number of halogens is 1. The number of carbonyl (C=O) groups is 2. The lowest BCUT2D eigenvalue weighted by Gasteiger charge is -2.18. The van der Waals surface area contributed by atoms with E-state index in [-0.39, 0.29) is 30.2 Å². The fourth-order valence-corrected chi connectivity index (χ4v) is 5.28. The molecular formula is C33H34FNO6S. The molecule has 0 aliphatic rings. The number of allylic oxidation sites excluding steroid dienone is 1. The quantitative estimate of drug-likeness (QED) is 0.0885. The van der Waals surface area contributed by atoms with Crippen LogP contribution in [0, 0.1) is 11.7 Å². The zero-order valence-corrected chi connectivity index (χ0v) is 24.3. The van der Waals surface area contributed by atoms with E-state index in [9.17, 15) is 18.0 Å². The van der Waals surface area contributed by atoms with Crippen LogP contribution >= 0.6 is 0 Å². The number of benzene rings is 3. The standard InChI is InChI=1S/C33H34FNO6S/c1-22(2)7-5-9-27(19-23-12-14-24(15-13-23)30(36)10-6-18-42(38,39)40)33(37)35-29-17-16-26(20-28(29)34)32-21-25-8-3-4-11-31(25)41-32/h3-4,8,11-17,20-21,27H,1,5-7,9-10,18-19H2,2H3,(H,35,37)(H,38,39,40). The van der Waals surface area contributed by atoms with Gasteiger partial charge in [0.1, 0.15) is 17.2 Å². The van der Waals surface area contributed by atoms with Crippen LogP contribution in [0.1, 0.15) is 54.9 Å². The van der Waals surface area contributed by atoms with Crippen LogP contribution in [0.15, 0.2) is 89.4 Å². The normalized spacial score (nSPS) is 12.3. The average molecular weight is 592 g/mol. The van der Waals surface area contributed by atoms with E-state index in [1.807, 2.05) is 37.3 Å². The first-order chi connectivity index (χ1) is 20.0. The maximum absolute atomic E-state index is 15.1. The monoisotopic (exact) mass is 591 g/mol. The molecule has 220 valence electrons. The van der Waals surface area contributed by atoms with Crippen molar-refractivity contribution in [3.05, 3.63) is 102 Å². The lowest BCUT2D eigenvalue weighted by atomic mass is 9.91. The topological polar surface area (TPSA) is 114 Å². The van der Waals surface area contributed by atoms with Crippen LogP contribution in [0.25, 0.3) is 22.3 Å². The van der Waals surface area contributed by atoms with E-state index in [1.165, 1.54) is 12.1 Å². The van der Waals surface area contributed by atoms with Crippen molar-refractivity contribution in [2.75, 3.05) is 11.1 Å². The molecule has 0 aliphatic carbocycles. The fraction of sp³-hybridized carbons (Fsp3) is 0.273. The predicted octanol–water partition coefficient (Wildman–Crippen LogP) is 7.63. The van der Waals surface area contributed by atoms with Crippen LogP contribution in [-0.4, -0.2) is 30.4 Å². The third kappa shape index (κ3) is 8.71. The van der Waals surface area contributed by atoms with Gasteiger partial charge in [-0.1, -0.05) is 48.0 Å². The largest absolute Gasteiger partial charge is 0.456 e. The molecule has 0 bridgehead atoms. The van der Waals surface area contributed by atoms with E-state index in [1.54, 1.807) is 30.3 Å². The summed E-state index contributed by atoms with van der Waals surface area (Å²) in [6.07, 6.45) is 2.48. The summed E-state index contributed by atoms with van der Waals surface area (Å²) in [5, 5.41) is 3.66. The molecule has 3 aromatic carbocycles. The first-order valence-electron chi connectivity index (χ1n) is 13.8. The van der Waals surface area contributed by atoms with E-state index < -0.39 is 27.6 Å². The second kappa shape index (κ2) is 13.7. The number of anilines is 1. The van der Waals surface area contributed by atoms with Gasteiger partial charge in [-0.2, -0.15) is 8.42 Å². The minimum absolute atomic E-state index is 0.00817. The van der Waals surface area contributed by atoms with Gasteiger partial charge in [0.25, 0.3) is 10.1 Å². The molecule has 1 heterocycles. The molecule has 4 rings (SSSR count). The van der Waals surface area contributed by atoms with Crippen molar-refractivity contribution < 1.29 is 31.4 Å². The Balaban J connectivity index is 1.44. The van der Waals surface area contributed by atoms with Crippen molar-refractivity contribution in [1.29, 1.82) is 0 Å². The van der Waals surface area contributed by atoms with Gasteiger partial charge in [0.15, 0.2) is 5.78 Å². The summed E-state index contributed by atoms with van der Waals surface area (Å²) in [5.41, 5.74) is 3.61. The fourth-order valence-electron chi connectivity index (χ4n) is 4.78. The molecule has 9 heteroatoms. The molecule has 0 spiro atoms. The molecule has 1 amide bonds. The van der Waals surface area contributed by atoms with Gasteiger partial charge in [-0.25, -0.2) is 4.39 Å². The number of hydrogen-bond donors (Lipinski definition) is 2. The Morgan fingerprint density at radius 3 is 2.40 bits per heavy atom. The predicted molar refractivity (Wildman–Crippen MR) is 163 cm³/mol. The van der Waals surface area contributed by atoms with Gasteiger partial charge < -0.3 is 9.73 Å². The van der Waals surface area contributed by atoms with Crippen molar-refractivity contribution in [2.24, 2.45) is 5.92 Å². The smallest absolute Gasteiger partial charge is 0.264 e. The first kappa shape index (κ1) is 30.9. The molecule has 0 fully saturated rings. The Morgan fingerprint density at radius 1 is 1.00 bits per heavy atom. The van der Waals surface area contributed by atoms with Gasteiger partial charge in [0, 0.05) is 28.9 Å². The molecule has 42 heavy (non-hydrogen) atoms. The second-order valence-corrected chi connectivity index (χ2v) is 12.2. The van der Waals surface area contributed by atoms with Crippen molar-refractivity contribution in [3.8, 4) is 11.3 Å². The number of amides is 1. The zero-order valence-electron chi connectivity index (χ0n) is 23.4. The van der Waals surface area contributed by atoms with Crippen molar-refractivity contribution >= 4 is 38.5 Å². The van der Waals surface area contributed by atoms with Gasteiger partial charge in [-0.05, 0) is 74.9 Å². The van der Waals surface area contributed by atoms with E-state index >= 15 is 4.39 Å². The van der Waals surface area contributed by atoms with Gasteiger partial charge in [0.2, 0.25) is 5.91 Å². The summed E-state index contributed by atoms with van der Waals surface area (Å²) in [5.74, 6) is -1.50. The third-order valence-corrected chi connectivity index (χ3v) is 7.83. The number of rotatable bonds is 14. The number of Topliss-reactive ketones (excluding diaryl/α,β-unsaturated/α-hetero) is 1. The number of nitrogens with one attached hydrogen (secondary N) is 1. The Bertz CT molecular complexity index is 1660. The molecule has 7 nitrogen and oxygen atoms in total. The van der Waals surface area contributed by atoms with Crippen LogP contribution in [0.3, 0.4) is 0 Å². The van der Waals surface area contributed by atoms with Gasteiger partial charge in [-0.3, -0.25) is 14.1 Å². The summed E-state index contributed by atoms with van der Waals surface area (Å²) >= 11 is 0. The number of hydrogen-bond acceptors (Lipinski definition) is 5. The van der Waals surface area contributed by atoms with Crippen LogP contribution in [0.2, 0.25) is 0 Å². The van der Waals surface area contributed by atoms with Crippen LogP contribution in [0.5, 0.6) is 0 Å². The summed E-state index contributed by atoms with van der Waals surface area (Å²) in [4.78, 5) is 25.7. The van der Waals surface area contributed by atoms with Gasteiger partial charge in [0.05, 0.1) is 11.4 Å². The zero-order chi connectivity index (χ0) is 30.3. The van der Waals surface area contributed by atoms with Crippen LogP contribution in [-0.2, 0) is 21.3 Å². The van der Waals surface area contributed by atoms with Crippen molar-refractivity contribution in [3.63, 3.8) is 0 Å². The lowest BCUT2D eigenvalue weighted by molar-refractivity contribution is -0.120. The third-order valence-electron chi connectivity index (χ3n) is 7.03.